The first-order valence-electron chi connectivity index (χ1n) is 10.6. The standard InChI is InChI=1S/C26H28FNO2/c1-26(2)22-13-14-28-17-21(22)25-23(29-3)15-19(16-24(25)30-26)8-6-4-5-7-18-9-11-20(27)12-10-18/h9-17H,4-8H2,1-3H3. The maximum absolute atomic E-state index is 13.0. The van der Waals surface area contributed by atoms with Gasteiger partial charge in [0.1, 0.15) is 22.9 Å². The predicted octanol–water partition coefficient (Wildman–Crippen LogP) is 6.48. The molecule has 0 spiro atoms. The summed E-state index contributed by atoms with van der Waals surface area (Å²) in [5, 5.41) is 0. The molecule has 1 aliphatic heterocycles. The van der Waals surface area contributed by atoms with E-state index in [0.717, 1.165) is 60.3 Å². The normalized spacial score (nSPS) is 13.9. The summed E-state index contributed by atoms with van der Waals surface area (Å²) >= 11 is 0. The minimum Gasteiger partial charge on any atom is -0.496 e. The molecule has 0 saturated heterocycles. The van der Waals surface area contributed by atoms with Crippen LogP contribution in [-0.2, 0) is 18.4 Å². The maximum atomic E-state index is 13.0. The van der Waals surface area contributed by atoms with Gasteiger partial charge in [-0.05, 0) is 81.0 Å². The molecule has 3 aromatic rings. The van der Waals surface area contributed by atoms with E-state index in [1.54, 1.807) is 7.11 Å². The number of ether oxygens (including phenoxy) is 2. The van der Waals surface area contributed by atoms with Gasteiger partial charge < -0.3 is 9.47 Å². The van der Waals surface area contributed by atoms with Crippen molar-refractivity contribution in [3.8, 4) is 22.6 Å². The number of aryl methyl sites for hydroxylation is 2. The van der Waals surface area contributed by atoms with E-state index in [1.165, 1.54) is 23.3 Å². The smallest absolute Gasteiger partial charge is 0.132 e. The number of fused-ring (bicyclic) bond motifs is 3. The quantitative estimate of drug-likeness (QED) is 0.422. The zero-order chi connectivity index (χ0) is 21.1. The molecule has 0 unspecified atom stereocenters. The Morgan fingerprint density at radius 1 is 0.967 bits per heavy atom. The monoisotopic (exact) mass is 405 g/mol. The van der Waals surface area contributed by atoms with E-state index in [2.05, 4.69) is 31.0 Å². The zero-order valence-corrected chi connectivity index (χ0v) is 17.9. The number of nitrogens with zero attached hydrogens (tertiary/aromatic N) is 1. The van der Waals surface area contributed by atoms with Crippen molar-refractivity contribution in [3.05, 3.63) is 77.4 Å². The van der Waals surface area contributed by atoms with Crippen LogP contribution in [0.3, 0.4) is 0 Å². The number of rotatable bonds is 7. The second-order valence-corrected chi connectivity index (χ2v) is 8.39. The molecular weight excluding hydrogens is 377 g/mol. The van der Waals surface area contributed by atoms with E-state index in [9.17, 15) is 4.39 Å². The number of hydrogen-bond donors (Lipinski definition) is 0. The third kappa shape index (κ3) is 4.18. The number of methoxy groups -OCH3 is 1. The summed E-state index contributed by atoms with van der Waals surface area (Å²) in [6.07, 6.45) is 8.96. The summed E-state index contributed by atoms with van der Waals surface area (Å²) in [6, 6.07) is 13.1. The van der Waals surface area contributed by atoms with E-state index in [-0.39, 0.29) is 5.82 Å². The van der Waals surface area contributed by atoms with Crippen LogP contribution in [0.2, 0.25) is 0 Å². The van der Waals surface area contributed by atoms with Gasteiger partial charge in [0.15, 0.2) is 0 Å². The van der Waals surface area contributed by atoms with Crippen LogP contribution in [-0.4, -0.2) is 12.1 Å². The third-order valence-corrected chi connectivity index (χ3v) is 5.79. The van der Waals surface area contributed by atoms with Gasteiger partial charge in [-0.3, -0.25) is 4.98 Å². The minimum absolute atomic E-state index is 0.177. The largest absolute Gasteiger partial charge is 0.496 e. The van der Waals surface area contributed by atoms with E-state index in [1.807, 2.05) is 30.6 Å². The topological polar surface area (TPSA) is 31.4 Å². The highest BCUT2D eigenvalue weighted by atomic mass is 19.1. The number of pyridine rings is 1. The van der Waals surface area contributed by atoms with E-state index in [4.69, 9.17) is 9.47 Å². The predicted molar refractivity (Wildman–Crippen MR) is 118 cm³/mol. The van der Waals surface area contributed by atoms with E-state index in [0.29, 0.717) is 0 Å². The summed E-state index contributed by atoms with van der Waals surface area (Å²) in [7, 11) is 1.71. The molecule has 3 nitrogen and oxygen atoms in total. The average molecular weight is 406 g/mol. The molecular formula is C26H28FNO2. The fourth-order valence-corrected chi connectivity index (χ4v) is 4.23. The fourth-order valence-electron chi connectivity index (χ4n) is 4.23. The summed E-state index contributed by atoms with van der Waals surface area (Å²) < 4.78 is 25.1. The third-order valence-electron chi connectivity index (χ3n) is 5.79. The van der Waals surface area contributed by atoms with Crippen molar-refractivity contribution in [2.24, 2.45) is 0 Å². The summed E-state index contributed by atoms with van der Waals surface area (Å²) in [5.74, 6) is 1.52. The van der Waals surface area contributed by atoms with Crippen molar-refractivity contribution >= 4 is 0 Å². The molecule has 0 saturated carbocycles. The van der Waals surface area contributed by atoms with Crippen molar-refractivity contribution in [3.63, 3.8) is 0 Å². The Morgan fingerprint density at radius 3 is 2.43 bits per heavy atom. The highest BCUT2D eigenvalue weighted by Gasteiger charge is 2.34. The van der Waals surface area contributed by atoms with E-state index < -0.39 is 5.60 Å². The van der Waals surface area contributed by atoms with Gasteiger partial charge in [0.2, 0.25) is 0 Å². The molecule has 30 heavy (non-hydrogen) atoms. The van der Waals surface area contributed by atoms with Crippen LogP contribution in [0.5, 0.6) is 11.5 Å². The van der Waals surface area contributed by atoms with E-state index >= 15 is 0 Å². The van der Waals surface area contributed by atoms with Gasteiger partial charge in [-0.1, -0.05) is 18.6 Å². The molecule has 156 valence electrons. The molecule has 0 fully saturated rings. The first kappa shape index (κ1) is 20.4. The Balaban J connectivity index is 1.45. The van der Waals surface area contributed by atoms with Crippen LogP contribution >= 0.6 is 0 Å². The molecule has 0 aliphatic carbocycles. The van der Waals surface area contributed by atoms with Gasteiger partial charge in [-0.2, -0.15) is 0 Å². The molecule has 2 heterocycles. The Bertz CT molecular complexity index is 1030. The van der Waals surface area contributed by atoms with Gasteiger partial charge in [-0.15, -0.1) is 0 Å². The second kappa shape index (κ2) is 8.47. The second-order valence-electron chi connectivity index (χ2n) is 8.39. The SMILES string of the molecule is COc1cc(CCCCCc2ccc(F)cc2)cc2c1-c1cnccc1C(C)(C)O2. The van der Waals surface area contributed by atoms with Crippen molar-refractivity contribution in [1.29, 1.82) is 0 Å². The van der Waals surface area contributed by atoms with Crippen LogP contribution in [0.1, 0.15) is 49.8 Å². The Morgan fingerprint density at radius 2 is 1.70 bits per heavy atom. The fraction of sp³-hybridized carbons (Fsp3) is 0.346. The molecule has 0 amide bonds. The molecule has 0 N–H and O–H groups in total. The molecule has 1 aliphatic rings. The minimum atomic E-state index is -0.413. The average Bonchev–Trinajstić information content (AvgIpc) is 2.74. The first-order chi connectivity index (χ1) is 14.5. The molecule has 4 heteroatoms. The van der Waals surface area contributed by atoms with Crippen LogP contribution in [0.4, 0.5) is 4.39 Å². The van der Waals surface area contributed by atoms with Crippen molar-refractivity contribution in [2.45, 2.75) is 51.6 Å². The maximum Gasteiger partial charge on any atom is 0.132 e. The molecule has 0 radical (unpaired) electrons. The summed E-state index contributed by atoms with van der Waals surface area (Å²) in [4.78, 5) is 4.33. The highest BCUT2D eigenvalue weighted by Crippen LogP contribution is 2.49. The lowest BCUT2D eigenvalue weighted by Gasteiger charge is -2.35. The number of benzene rings is 2. The Labute approximate surface area is 177 Å². The van der Waals surface area contributed by atoms with Gasteiger partial charge in [0.05, 0.1) is 12.7 Å². The molecule has 2 aromatic carbocycles. The summed E-state index contributed by atoms with van der Waals surface area (Å²) in [5.41, 5.74) is 5.18. The highest BCUT2D eigenvalue weighted by molar-refractivity contribution is 5.81. The van der Waals surface area contributed by atoms with Gasteiger partial charge in [-0.25, -0.2) is 4.39 Å². The lowest BCUT2D eigenvalue weighted by Crippen LogP contribution is -2.29. The number of aromatic nitrogens is 1. The lowest BCUT2D eigenvalue weighted by atomic mass is 9.86. The van der Waals surface area contributed by atoms with Crippen molar-refractivity contribution in [1.82, 2.24) is 4.98 Å². The molecule has 4 rings (SSSR count). The van der Waals surface area contributed by atoms with Gasteiger partial charge >= 0.3 is 0 Å². The van der Waals surface area contributed by atoms with Crippen LogP contribution in [0.25, 0.3) is 11.1 Å². The van der Waals surface area contributed by atoms with Crippen LogP contribution < -0.4 is 9.47 Å². The number of hydrogen-bond acceptors (Lipinski definition) is 3. The van der Waals surface area contributed by atoms with Crippen molar-refractivity contribution < 1.29 is 13.9 Å². The number of unbranched alkanes of at least 4 members (excludes halogenated alkanes) is 2. The number of halogens is 1. The molecule has 0 bridgehead atoms. The molecule has 0 atom stereocenters. The Kier molecular flexibility index (Phi) is 5.76. The van der Waals surface area contributed by atoms with Crippen LogP contribution in [0.15, 0.2) is 54.9 Å². The first-order valence-corrected chi connectivity index (χ1v) is 10.6. The van der Waals surface area contributed by atoms with Gasteiger partial charge in [0, 0.05) is 23.5 Å². The van der Waals surface area contributed by atoms with Crippen LogP contribution in [0, 0.1) is 5.82 Å². The lowest BCUT2D eigenvalue weighted by molar-refractivity contribution is 0.105. The van der Waals surface area contributed by atoms with Gasteiger partial charge in [0.25, 0.3) is 0 Å². The molecule has 1 aromatic heterocycles. The summed E-state index contributed by atoms with van der Waals surface area (Å²) in [6.45, 7) is 4.17. The van der Waals surface area contributed by atoms with Crippen molar-refractivity contribution in [2.75, 3.05) is 7.11 Å². The zero-order valence-electron chi connectivity index (χ0n) is 17.9. The Hall–Kier alpha value is -2.88.